The maximum atomic E-state index is 12.4. The molecular formula is C14H12N4O2. The Kier molecular flexibility index (Phi) is 2.64. The van der Waals surface area contributed by atoms with Crippen LogP contribution in [0.25, 0.3) is 11.0 Å². The van der Waals surface area contributed by atoms with Gasteiger partial charge in [-0.2, -0.15) is 0 Å². The number of aromatic nitrogens is 3. The molecule has 1 aromatic carbocycles. The molecule has 2 heterocycles. The van der Waals surface area contributed by atoms with E-state index >= 15 is 0 Å². The molecule has 20 heavy (non-hydrogen) atoms. The minimum Gasteiger partial charge on any atom is -0.398 e. The van der Waals surface area contributed by atoms with Gasteiger partial charge in [0.2, 0.25) is 0 Å². The predicted octanol–water partition coefficient (Wildman–Crippen LogP) is 1.30. The third-order valence-corrected chi connectivity index (χ3v) is 3.20. The van der Waals surface area contributed by atoms with Crippen LogP contribution in [0.4, 0.5) is 5.69 Å². The smallest absolute Gasteiger partial charge is 0.333 e. The summed E-state index contributed by atoms with van der Waals surface area (Å²) in [6.45, 7) is 1.84. The molecule has 0 aliphatic heterocycles. The molecule has 0 unspecified atom stereocenters. The maximum absolute atomic E-state index is 12.4. The first kappa shape index (κ1) is 12.2. The van der Waals surface area contributed by atoms with Crippen molar-refractivity contribution in [1.29, 1.82) is 0 Å². The average Bonchev–Trinajstić information content (AvgIpc) is 2.75. The molecule has 0 bridgehead atoms. The van der Waals surface area contributed by atoms with Crippen LogP contribution in [-0.2, 0) is 0 Å². The Morgan fingerprint density at radius 2 is 2.00 bits per heavy atom. The zero-order valence-electron chi connectivity index (χ0n) is 10.8. The summed E-state index contributed by atoms with van der Waals surface area (Å²) >= 11 is 0. The standard InChI is InChI=1S/C14H12N4O2/c1-8-6-11-12(7-10(8)15)18(14(20)17-11)13(19)9-2-4-16-5-3-9/h2-7H,15H2,1H3,(H,17,20). The molecule has 6 nitrogen and oxygen atoms in total. The Balaban J connectivity index is 2.27. The maximum Gasteiger partial charge on any atom is 0.333 e. The van der Waals surface area contributed by atoms with E-state index in [1.807, 2.05) is 6.92 Å². The molecule has 0 saturated heterocycles. The van der Waals surface area contributed by atoms with Crippen molar-refractivity contribution in [3.8, 4) is 0 Å². The number of H-pyrrole nitrogens is 1. The Hall–Kier alpha value is -2.89. The number of hydrogen-bond acceptors (Lipinski definition) is 4. The van der Waals surface area contributed by atoms with Crippen LogP contribution < -0.4 is 11.4 Å². The van der Waals surface area contributed by atoms with E-state index in [4.69, 9.17) is 5.73 Å². The lowest BCUT2D eigenvalue weighted by Gasteiger charge is -2.04. The number of nitrogens with zero attached hydrogens (tertiary/aromatic N) is 2. The van der Waals surface area contributed by atoms with Gasteiger partial charge in [-0.3, -0.25) is 9.78 Å². The molecule has 6 heteroatoms. The molecule has 0 radical (unpaired) electrons. The van der Waals surface area contributed by atoms with Gasteiger partial charge in [0.1, 0.15) is 0 Å². The van der Waals surface area contributed by atoms with Crippen LogP contribution in [0.1, 0.15) is 15.9 Å². The number of imidazole rings is 1. The highest BCUT2D eigenvalue weighted by atomic mass is 16.2. The number of nitrogens with one attached hydrogen (secondary N) is 1. The Labute approximate surface area is 113 Å². The van der Waals surface area contributed by atoms with Gasteiger partial charge in [0.05, 0.1) is 11.0 Å². The van der Waals surface area contributed by atoms with Gasteiger partial charge in [-0.1, -0.05) is 0 Å². The minimum atomic E-state index is -0.480. The van der Waals surface area contributed by atoms with Crippen molar-refractivity contribution in [2.75, 3.05) is 5.73 Å². The van der Waals surface area contributed by atoms with E-state index in [1.54, 1.807) is 24.3 Å². The second-order valence-corrected chi connectivity index (χ2v) is 4.53. The zero-order valence-corrected chi connectivity index (χ0v) is 10.8. The van der Waals surface area contributed by atoms with E-state index in [-0.39, 0.29) is 0 Å². The van der Waals surface area contributed by atoms with Gasteiger partial charge < -0.3 is 10.7 Å². The summed E-state index contributed by atoms with van der Waals surface area (Å²) in [6.07, 6.45) is 3.01. The van der Waals surface area contributed by atoms with Crippen LogP contribution in [0.3, 0.4) is 0 Å². The second-order valence-electron chi connectivity index (χ2n) is 4.53. The first-order chi connectivity index (χ1) is 9.58. The summed E-state index contributed by atoms with van der Waals surface area (Å²) in [5, 5.41) is 0. The summed E-state index contributed by atoms with van der Waals surface area (Å²) in [5.74, 6) is -0.410. The van der Waals surface area contributed by atoms with Gasteiger partial charge >= 0.3 is 5.69 Å². The number of carbonyl (C=O) groups is 1. The summed E-state index contributed by atoms with van der Waals surface area (Å²) in [5.41, 5.74) is 8.21. The van der Waals surface area contributed by atoms with E-state index in [0.29, 0.717) is 22.3 Å². The lowest BCUT2D eigenvalue weighted by atomic mass is 10.2. The molecular weight excluding hydrogens is 256 g/mol. The fourth-order valence-corrected chi connectivity index (χ4v) is 2.10. The van der Waals surface area contributed by atoms with Crippen molar-refractivity contribution < 1.29 is 4.79 Å². The van der Waals surface area contributed by atoms with Crippen LogP contribution in [-0.4, -0.2) is 20.4 Å². The van der Waals surface area contributed by atoms with E-state index in [9.17, 15) is 9.59 Å². The monoisotopic (exact) mass is 268 g/mol. The summed E-state index contributed by atoms with van der Waals surface area (Å²) in [7, 11) is 0. The molecule has 3 N–H and O–H groups in total. The lowest BCUT2D eigenvalue weighted by molar-refractivity contribution is 0.0961. The highest BCUT2D eigenvalue weighted by molar-refractivity contribution is 6.01. The van der Waals surface area contributed by atoms with Crippen LogP contribution >= 0.6 is 0 Å². The highest BCUT2D eigenvalue weighted by Gasteiger charge is 2.16. The largest absolute Gasteiger partial charge is 0.398 e. The first-order valence-electron chi connectivity index (χ1n) is 6.03. The molecule has 0 amide bonds. The fourth-order valence-electron chi connectivity index (χ4n) is 2.10. The van der Waals surface area contributed by atoms with E-state index in [1.165, 1.54) is 12.4 Å². The number of anilines is 1. The first-order valence-corrected chi connectivity index (χ1v) is 6.03. The van der Waals surface area contributed by atoms with Gasteiger partial charge in [-0.05, 0) is 36.8 Å². The second kappa shape index (κ2) is 4.34. The molecule has 100 valence electrons. The number of aryl methyl sites for hydroxylation is 1. The molecule has 0 fully saturated rings. The molecule has 0 aliphatic rings. The van der Waals surface area contributed by atoms with E-state index in [0.717, 1.165) is 10.1 Å². The van der Waals surface area contributed by atoms with Gasteiger partial charge in [-0.15, -0.1) is 0 Å². The molecule has 0 aliphatic carbocycles. The van der Waals surface area contributed by atoms with Crippen molar-refractivity contribution in [2.24, 2.45) is 0 Å². The van der Waals surface area contributed by atoms with Crippen LogP contribution in [0.5, 0.6) is 0 Å². The van der Waals surface area contributed by atoms with Crippen molar-refractivity contribution in [2.45, 2.75) is 6.92 Å². The highest BCUT2D eigenvalue weighted by Crippen LogP contribution is 2.19. The quantitative estimate of drug-likeness (QED) is 0.650. The van der Waals surface area contributed by atoms with Crippen molar-refractivity contribution in [1.82, 2.24) is 14.5 Å². The Bertz CT molecular complexity index is 862. The number of nitrogens with two attached hydrogens (primary N) is 1. The summed E-state index contributed by atoms with van der Waals surface area (Å²) < 4.78 is 1.08. The number of fused-ring (bicyclic) bond motifs is 1. The molecule has 3 aromatic rings. The number of nitrogen functional groups attached to an aromatic ring is 1. The summed E-state index contributed by atoms with van der Waals surface area (Å²) in [6, 6.07) is 6.50. The Morgan fingerprint density at radius 3 is 2.70 bits per heavy atom. The predicted molar refractivity (Wildman–Crippen MR) is 75.7 cm³/mol. The Morgan fingerprint density at radius 1 is 1.30 bits per heavy atom. The van der Waals surface area contributed by atoms with Gasteiger partial charge in [0.25, 0.3) is 5.91 Å². The molecule has 0 spiro atoms. The SMILES string of the molecule is Cc1cc2[nH]c(=O)n(C(=O)c3ccncc3)c2cc1N. The third-order valence-electron chi connectivity index (χ3n) is 3.20. The summed E-state index contributed by atoms with van der Waals surface area (Å²) in [4.78, 5) is 30.9. The van der Waals surface area contributed by atoms with Crippen LogP contribution in [0.15, 0.2) is 41.5 Å². The van der Waals surface area contributed by atoms with Crippen molar-refractivity contribution >= 4 is 22.6 Å². The van der Waals surface area contributed by atoms with Crippen molar-refractivity contribution in [3.63, 3.8) is 0 Å². The number of pyridine rings is 1. The molecule has 3 rings (SSSR count). The van der Waals surface area contributed by atoms with Gasteiger partial charge in [0.15, 0.2) is 0 Å². The van der Waals surface area contributed by atoms with E-state index in [2.05, 4.69) is 9.97 Å². The topological polar surface area (TPSA) is 93.8 Å². The lowest BCUT2D eigenvalue weighted by Crippen LogP contribution is -2.24. The normalized spacial score (nSPS) is 10.8. The van der Waals surface area contributed by atoms with Crippen molar-refractivity contribution in [3.05, 3.63) is 58.3 Å². The molecule has 0 saturated carbocycles. The number of hydrogen-bond donors (Lipinski definition) is 2. The van der Waals surface area contributed by atoms with Crippen LogP contribution in [0.2, 0.25) is 0 Å². The van der Waals surface area contributed by atoms with Gasteiger partial charge in [-0.25, -0.2) is 9.36 Å². The average molecular weight is 268 g/mol. The number of benzene rings is 1. The van der Waals surface area contributed by atoms with E-state index < -0.39 is 11.6 Å². The fraction of sp³-hybridized carbons (Fsp3) is 0.0714. The zero-order chi connectivity index (χ0) is 14.3. The number of aromatic amines is 1. The number of rotatable bonds is 1. The number of carbonyl (C=O) groups excluding carboxylic acids is 1. The molecule has 2 aromatic heterocycles. The van der Waals surface area contributed by atoms with Gasteiger partial charge in [0, 0.05) is 23.6 Å². The molecule has 0 atom stereocenters. The van der Waals surface area contributed by atoms with Crippen LogP contribution in [0, 0.1) is 6.92 Å². The minimum absolute atomic E-state index is 0.391. The third kappa shape index (κ3) is 1.78.